The third kappa shape index (κ3) is 4.68. The first-order valence-corrected chi connectivity index (χ1v) is 7.21. The standard InChI is InChI=1S/C14H20BrNO/c15-13-6-3-7-14(10-13)16-8-9-17-11-12-4-1-2-5-12/h3,6-7,10,12,16H,1-2,4-5,8-9,11H2. The predicted octanol–water partition coefficient (Wildman–Crippen LogP) is 4.07. The Morgan fingerprint density at radius 3 is 2.88 bits per heavy atom. The minimum absolute atomic E-state index is 0.795. The molecule has 0 heterocycles. The number of rotatable bonds is 6. The topological polar surface area (TPSA) is 21.3 Å². The molecule has 17 heavy (non-hydrogen) atoms. The molecular weight excluding hydrogens is 278 g/mol. The Balaban J connectivity index is 1.56. The first-order chi connectivity index (χ1) is 8.34. The van der Waals surface area contributed by atoms with Crippen LogP contribution in [-0.4, -0.2) is 19.8 Å². The largest absolute Gasteiger partial charge is 0.383 e. The Labute approximate surface area is 112 Å². The number of benzene rings is 1. The van der Waals surface area contributed by atoms with Crippen molar-refractivity contribution in [3.05, 3.63) is 28.7 Å². The average Bonchev–Trinajstić information content (AvgIpc) is 2.82. The van der Waals surface area contributed by atoms with E-state index in [0.29, 0.717) is 0 Å². The van der Waals surface area contributed by atoms with E-state index in [1.807, 2.05) is 12.1 Å². The van der Waals surface area contributed by atoms with Crippen LogP contribution in [0, 0.1) is 5.92 Å². The summed E-state index contributed by atoms with van der Waals surface area (Å²) in [5.74, 6) is 0.820. The number of nitrogens with one attached hydrogen (secondary N) is 1. The van der Waals surface area contributed by atoms with E-state index < -0.39 is 0 Å². The third-order valence-corrected chi connectivity index (χ3v) is 3.72. The van der Waals surface area contributed by atoms with E-state index in [-0.39, 0.29) is 0 Å². The summed E-state index contributed by atoms with van der Waals surface area (Å²) >= 11 is 3.46. The summed E-state index contributed by atoms with van der Waals surface area (Å²) in [4.78, 5) is 0. The van der Waals surface area contributed by atoms with E-state index in [2.05, 4.69) is 33.4 Å². The summed E-state index contributed by atoms with van der Waals surface area (Å²) < 4.78 is 6.80. The van der Waals surface area contributed by atoms with Gasteiger partial charge in [0.2, 0.25) is 0 Å². The highest BCUT2D eigenvalue weighted by Crippen LogP contribution is 2.24. The molecule has 0 atom stereocenters. The summed E-state index contributed by atoms with van der Waals surface area (Å²) in [6.45, 7) is 2.62. The van der Waals surface area contributed by atoms with Gasteiger partial charge in [-0.05, 0) is 37.0 Å². The third-order valence-electron chi connectivity index (χ3n) is 3.23. The van der Waals surface area contributed by atoms with Gasteiger partial charge in [-0.2, -0.15) is 0 Å². The molecule has 2 nitrogen and oxygen atoms in total. The molecule has 0 unspecified atom stereocenters. The molecule has 0 aliphatic heterocycles. The second-order valence-corrected chi connectivity index (χ2v) is 5.58. The number of halogens is 1. The van der Waals surface area contributed by atoms with Gasteiger partial charge in [0, 0.05) is 23.3 Å². The van der Waals surface area contributed by atoms with Gasteiger partial charge in [-0.15, -0.1) is 0 Å². The average molecular weight is 298 g/mol. The Bertz CT molecular complexity index is 337. The quantitative estimate of drug-likeness (QED) is 0.799. The summed E-state index contributed by atoms with van der Waals surface area (Å²) in [6.07, 6.45) is 5.51. The maximum atomic E-state index is 5.70. The first-order valence-electron chi connectivity index (χ1n) is 6.42. The van der Waals surface area contributed by atoms with Gasteiger partial charge >= 0.3 is 0 Å². The van der Waals surface area contributed by atoms with Gasteiger partial charge in [0.1, 0.15) is 0 Å². The lowest BCUT2D eigenvalue weighted by atomic mass is 10.1. The second-order valence-electron chi connectivity index (χ2n) is 4.66. The molecule has 3 heteroatoms. The SMILES string of the molecule is Brc1cccc(NCCOCC2CCCC2)c1. The molecule has 0 spiro atoms. The molecule has 1 N–H and O–H groups in total. The number of hydrogen-bond acceptors (Lipinski definition) is 2. The van der Waals surface area contributed by atoms with Crippen molar-refractivity contribution in [2.45, 2.75) is 25.7 Å². The van der Waals surface area contributed by atoms with Crippen LogP contribution >= 0.6 is 15.9 Å². The molecule has 94 valence electrons. The molecule has 0 bridgehead atoms. The molecule has 0 radical (unpaired) electrons. The van der Waals surface area contributed by atoms with E-state index in [9.17, 15) is 0 Å². The van der Waals surface area contributed by atoms with Crippen LogP contribution in [0.4, 0.5) is 5.69 Å². The summed E-state index contributed by atoms with van der Waals surface area (Å²) in [5.41, 5.74) is 1.14. The fourth-order valence-corrected chi connectivity index (χ4v) is 2.69. The highest BCUT2D eigenvalue weighted by molar-refractivity contribution is 9.10. The van der Waals surface area contributed by atoms with E-state index in [1.54, 1.807) is 0 Å². The van der Waals surface area contributed by atoms with Crippen molar-refractivity contribution in [2.24, 2.45) is 5.92 Å². The van der Waals surface area contributed by atoms with Crippen molar-refractivity contribution < 1.29 is 4.74 Å². The Kier molecular flexibility index (Phi) is 5.33. The zero-order valence-electron chi connectivity index (χ0n) is 10.1. The van der Waals surface area contributed by atoms with Gasteiger partial charge in [0.25, 0.3) is 0 Å². The summed E-state index contributed by atoms with van der Waals surface area (Å²) in [7, 11) is 0. The lowest BCUT2D eigenvalue weighted by Crippen LogP contribution is -2.13. The van der Waals surface area contributed by atoms with E-state index in [0.717, 1.165) is 35.8 Å². The van der Waals surface area contributed by atoms with Crippen LogP contribution < -0.4 is 5.32 Å². The maximum Gasteiger partial charge on any atom is 0.0639 e. The van der Waals surface area contributed by atoms with Gasteiger partial charge < -0.3 is 10.1 Å². The van der Waals surface area contributed by atoms with Crippen molar-refractivity contribution >= 4 is 21.6 Å². The van der Waals surface area contributed by atoms with Crippen LogP contribution in [-0.2, 0) is 4.74 Å². The summed E-state index contributed by atoms with van der Waals surface area (Å²) in [6, 6.07) is 8.21. The molecule has 1 aromatic carbocycles. The fraction of sp³-hybridized carbons (Fsp3) is 0.571. The smallest absolute Gasteiger partial charge is 0.0639 e. The number of ether oxygens (including phenoxy) is 1. The highest BCUT2D eigenvalue weighted by atomic mass is 79.9. The van der Waals surface area contributed by atoms with Gasteiger partial charge in [-0.1, -0.05) is 34.8 Å². The van der Waals surface area contributed by atoms with E-state index in [1.165, 1.54) is 25.7 Å². The van der Waals surface area contributed by atoms with Crippen LogP contribution in [0.15, 0.2) is 28.7 Å². The van der Waals surface area contributed by atoms with Crippen LogP contribution in [0.2, 0.25) is 0 Å². The Morgan fingerprint density at radius 2 is 2.12 bits per heavy atom. The van der Waals surface area contributed by atoms with Gasteiger partial charge in [-0.3, -0.25) is 0 Å². The van der Waals surface area contributed by atoms with Gasteiger partial charge in [0.05, 0.1) is 6.61 Å². The molecule has 0 amide bonds. The van der Waals surface area contributed by atoms with Gasteiger partial charge in [-0.25, -0.2) is 0 Å². The van der Waals surface area contributed by atoms with Crippen molar-refractivity contribution in [1.82, 2.24) is 0 Å². The minimum atomic E-state index is 0.795. The fourth-order valence-electron chi connectivity index (χ4n) is 2.29. The highest BCUT2D eigenvalue weighted by Gasteiger charge is 2.14. The second kappa shape index (κ2) is 7.02. The van der Waals surface area contributed by atoms with E-state index in [4.69, 9.17) is 4.74 Å². The maximum absolute atomic E-state index is 5.70. The number of anilines is 1. The Hall–Kier alpha value is -0.540. The lowest BCUT2D eigenvalue weighted by Gasteiger charge is -2.11. The van der Waals surface area contributed by atoms with Crippen molar-refractivity contribution in [2.75, 3.05) is 25.1 Å². The molecule has 1 fully saturated rings. The zero-order chi connectivity index (χ0) is 11.9. The van der Waals surface area contributed by atoms with Crippen LogP contribution in [0.25, 0.3) is 0 Å². The monoisotopic (exact) mass is 297 g/mol. The summed E-state index contributed by atoms with van der Waals surface area (Å²) in [5, 5.41) is 3.36. The van der Waals surface area contributed by atoms with Crippen molar-refractivity contribution in [1.29, 1.82) is 0 Å². The van der Waals surface area contributed by atoms with Crippen molar-refractivity contribution in [3.63, 3.8) is 0 Å². The minimum Gasteiger partial charge on any atom is -0.383 e. The predicted molar refractivity (Wildman–Crippen MR) is 75.4 cm³/mol. The molecule has 2 rings (SSSR count). The lowest BCUT2D eigenvalue weighted by molar-refractivity contribution is 0.109. The molecule has 1 aliphatic rings. The normalized spacial score (nSPS) is 16.3. The van der Waals surface area contributed by atoms with Crippen molar-refractivity contribution in [3.8, 4) is 0 Å². The first kappa shape index (κ1) is 12.9. The zero-order valence-corrected chi connectivity index (χ0v) is 11.7. The molecule has 1 aliphatic carbocycles. The molecule has 0 aromatic heterocycles. The van der Waals surface area contributed by atoms with E-state index >= 15 is 0 Å². The van der Waals surface area contributed by atoms with Crippen LogP contribution in [0.1, 0.15) is 25.7 Å². The van der Waals surface area contributed by atoms with Gasteiger partial charge in [0.15, 0.2) is 0 Å². The molecule has 1 aromatic rings. The Morgan fingerprint density at radius 1 is 1.29 bits per heavy atom. The molecule has 1 saturated carbocycles. The molecular formula is C14H20BrNO. The van der Waals surface area contributed by atoms with Crippen LogP contribution in [0.3, 0.4) is 0 Å². The van der Waals surface area contributed by atoms with Crippen LogP contribution in [0.5, 0.6) is 0 Å². The molecule has 0 saturated heterocycles. The number of hydrogen-bond donors (Lipinski definition) is 1.